The summed E-state index contributed by atoms with van der Waals surface area (Å²) < 4.78 is 5.26. The van der Waals surface area contributed by atoms with Crippen molar-refractivity contribution in [2.75, 3.05) is 26.7 Å². The van der Waals surface area contributed by atoms with E-state index in [4.69, 9.17) is 4.74 Å². The molecule has 0 spiro atoms. The highest BCUT2D eigenvalue weighted by Gasteiger charge is 2.19. The Labute approximate surface area is 118 Å². The summed E-state index contributed by atoms with van der Waals surface area (Å²) in [5, 5.41) is 2.77. The Bertz CT molecular complexity index is 514. The second-order valence-corrected chi connectivity index (χ2v) is 5.00. The molecule has 1 fully saturated rings. The van der Waals surface area contributed by atoms with Gasteiger partial charge in [-0.3, -0.25) is 9.59 Å². The number of carbonyl (C=O) groups excluding carboxylic acids is 2. The predicted molar refractivity (Wildman–Crippen MR) is 75.6 cm³/mol. The fourth-order valence-electron chi connectivity index (χ4n) is 2.28. The van der Waals surface area contributed by atoms with Crippen LogP contribution >= 0.6 is 0 Å². The van der Waals surface area contributed by atoms with Crippen molar-refractivity contribution in [1.29, 1.82) is 0 Å². The Balaban J connectivity index is 2.05. The molecule has 0 aromatic heterocycles. The van der Waals surface area contributed by atoms with Crippen LogP contribution < -0.4 is 10.1 Å². The number of benzene rings is 1. The van der Waals surface area contributed by atoms with Gasteiger partial charge in [-0.15, -0.1) is 0 Å². The second kappa shape index (κ2) is 6.41. The van der Waals surface area contributed by atoms with Gasteiger partial charge in [0.1, 0.15) is 5.75 Å². The summed E-state index contributed by atoms with van der Waals surface area (Å²) in [5.74, 6) is 0.675. The third kappa shape index (κ3) is 3.50. The van der Waals surface area contributed by atoms with Crippen LogP contribution in [0.2, 0.25) is 0 Å². The average Bonchev–Trinajstić information content (AvgIpc) is 2.65. The van der Waals surface area contributed by atoms with Gasteiger partial charge >= 0.3 is 0 Å². The van der Waals surface area contributed by atoms with Crippen molar-refractivity contribution in [3.8, 4) is 5.75 Å². The predicted octanol–water partition coefficient (Wildman–Crippen LogP) is 0.895. The van der Waals surface area contributed by atoms with Crippen molar-refractivity contribution in [2.24, 2.45) is 0 Å². The number of methoxy groups -OCH3 is 1. The molecule has 108 valence electrons. The van der Waals surface area contributed by atoms with E-state index in [1.807, 2.05) is 25.1 Å². The second-order valence-electron chi connectivity index (χ2n) is 5.00. The number of amides is 2. The molecule has 1 aromatic carbocycles. The van der Waals surface area contributed by atoms with E-state index in [-0.39, 0.29) is 18.4 Å². The van der Waals surface area contributed by atoms with Gasteiger partial charge in [0.05, 0.1) is 20.1 Å². The molecule has 1 aliphatic heterocycles. The average molecular weight is 276 g/mol. The first-order chi connectivity index (χ1) is 9.60. The third-order valence-electron chi connectivity index (χ3n) is 3.44. The Morgan fingerprint density at radius 2 is 2.25 bits per heavy atom. The molecule has 5 nitrogen and oxygen atoms in total. The lowest BCUT2D eigenvalue weighted by molar-refractivity contribution is -0.134. The summed E-state index contributed by atoms with van der Waals surface area (Å²) in [6.07, 6.45) is 1.10. The van der Waals surface area contributed by atoms with Gasteiger partial charge in [-0.2, -0.15) is 0 Å². The number of nitrogens with one attached hydrogen (secondary N) is 1. The molecule has 0 saturated carbocycles. The van der Waals surface area contributed by atoms with Crippen LogP contribution in [0, 0.1) is 6.92 Å². The van der Waals surface area contributed by atoms with Crippen LogP contribution in [0.5, 0.6) is 5.75 Å². The monoisotopic (exact) mass is 276 g/mol. The van der Waals surface area contributed by atoms with Gasteiger partial charge in [-0.1, -0.05) is 12.1 Å². The maximum atomic E-state index is 12.3. The van der Waals surface area contributed by atoms with E-state index >= 15 is 0 Å². The molecule has 1 heterocycles. The van der Waals surface area contributed by atoms with Crippen LogP contribution in [0.25, 0.3) is 0 Å². The van der Waals surface area contributed by atoms with Gasteiger partial charge in [0.15, 0.2) is 0 Å². The topological polar surface area (TPSA) is 58.6 Å². The van der Waals surface area contributed by atoms with Crippen molar-refractivity contribution < 1.29 is 14.3 Å². The fourth-order valence-corrected chi connectivity index (χ4v) is 2.28. The molecule has 1 aromatic rings. The molecule has 0 unspecified atom stereocenters. The minimum absolute atomic E-state index is 0.0204. The molecule has 0 radical (unpaired) electrons. The zero-order valence-electron chi connectivity index (χ0n) is 11.9. The van der Waals surface area contributed by atoms with E-state index in [0.29, 0.717) is 19.5 Å². The maximum absolute atomic E-state index is 12.3. The lowest BCUT2D eigenvalue weighted by Gasteiger charge is -2.19. The number of nitrogens with zero attached hydrogens (tertiary/aromatic N) is 1. The van der Waals surface area contributed by atoms with Crippen LogP contribution in [-0.4, -0.2) is 43.5 Å². The SMILES string of the molecule is COc1cc(CC(=O)N2CCCNC(=O)C2)ccc1C. The Morgan fingerprint density at radius 3 is 3.00 bits per heavy atom. The standard InChI is InChI=1S/C15H20N2O3/c1-11-4-5-12(8-13(11)20-2)9-15(19)17-7-3-6-16-14(18)10-17/h4-5,8H,3,6-7,9-10H2,1-2H3,(H,16,18). The minimum atomic E-state index is -0.0858. The van der Waals surface area contributed by atoms with Crippen molar-refractivity contribution in [1.82, 2.24) is 10.2 Å². The summed E-state index contributed by atoms with van der Waals surface area (Å²) in [6.45, 7) is 3.38. The van der Waals surface area contributed by atoms with Crippen molar-refractivity contribution in [3.05, 3.63) is 29.3 Å². The Kier molecular flexibility index (Phi) is 4.61. The van der Waals surface area contributed by atoms with Crippen molar-refractivity contribution >= 4 is 11.8 Å². The van der Waals surface area contributed by atoms with E-state index in [1.165, 1.54) is 0 Å². The van der Waals surface area contributed by atoms with Gasteiger partial charge < -0.3 is 15.0 Å². The summed E-state index contributed by atoms with van der Waals surface area (Å²) in [6, 6.07) is 5.75. The smallest absolute Gasteiger partial charge is 0.239 e. The molecular formula is C15H20N2O3. The van der Waals surface area contributed by atoms with Crippen molar-refractivity contribution in [3.63, 3.8) is 0 Å². The van der Waals surface area contributed by atoms with E-state index in [0.717, 1.165) is 23.3 Å². The summed E-state index contributed by atoms with van der Waals surface area (Å²) in [4.78, 5) is 25.3. The molecule has 1 aliphatic rings. The molecule has 2 amide bonds. The fraction of sp³-hybridized carbons (Fsp3) is 0.467. The Hall–Kier alpha value is -2.04. The van der Waals surface area contributed by atoms with Gasteiger partial charge in [0.2, 0.25) is 11.8 Å². The first-order valence-corrected chi connectivity index (χ1v) is 6.78. The first kappa shape index (κ1) is 14.4. The molecular weight excluding hydrogens is 256 g/mol. The number of aryl methyl sites for hydroxylation is 1. The normalized spacial score (nSPS) is 15.5. The van der Waals surface area contributed by atoms with Gasteiger partial charge in [0, 0.05) is 13.1 Å². The highest BCUT2D eigenvalue weighted by atomic mass is 16.5. The van der Waals surface area contributed by atoms with E-state index in [1.54, 1.807) is 12.0 Å². The highest BCUT2D eigenvalue weighted by Crippen LogP contribution is 2.19. The van der Waals surface area contributed by atoms with Gasteiger partial charge in [-0.25, -0.2) is 0 Å². The zero-order chi connectivity index (χ0) is 14.5. The number of rotatable bonds is 3. The molecule has 0 aliphatic carbocycles. The van der Waals surface area contributed by atoms with Crippen LogP contribution in [0.3, 0.4) is 0 Å². The molecule has 0 atom stereocenters. The molecule has 5 heteroatoms. The molecule has 2 rings (SSSR count). The van der Waals surface area contributed by atoms with E-state index < -0.39 is 0 Å². The van der Waals surface area contributed by atoms with Crippen LogP contribution in [-0.2, 0) is 16.0 Å². The lowest BCUT2D eigenvalue weighted by Crippen LogP contribution is -2.38. The van der Waals surface area contributed by atoms with Gasteiger partial charge in [0.25, 0.3) is 0 Å². The Morgan fingerprint density at radius 1 is 1.45 bits per heavy atom. The minimum Gasteiger partial charge on any atom is -0.496 e. The molecule has 0 bridgehead atoms. The number of hydrogen-bond acceptors (Lipinski definition) is 3. The lowest BCUT2D eigenvalue weighted by atomic mass is 10.1. The van der Waals surface area contributed by atoms with Crippen LogP contribution in [0.4, 0.5) is 0 Å². The molecule has 20 heavy (non-hydrogen) atoms. The number of hydrogen-bond donors (Lipinski definition) is 1. The number of carbonyl (C=O) groups is 2. The summed E-state index contributed by atoms with van der Waals surface area (Å²) in [7, 11) is 1.62. The quantitative estimate of drug-likeness (QED) is 0.892. The summed E-state index contributed by atoms with van der Waals surface area (Å²) >= 11 is 0. The third-order valence-corrected chi connectivity index (χ3v) is 3.44. The van der Waals surface area contributed by atoms with E-state index in [9.17, 15) is 9.59 Å². The van der Waals surface area contributed by atoms with Gasteiger partial charge in [-0.05, 0) is 30.5 Å². The first-order valence-electron chi connectivity index (χ1n) is 6.78. The van der Waals surface area contributed by atoms with Crippen LogP contribution in [0.15, 0.2) is 18.2 Å². The molecule has 1 saturated heterocycles. The maximum Gasteiger partial charge on any atom is 0.239 e. The highest BCUT2D eigenvalue weighted by molar-refractivity contribution is 5.86. The van der Waals surface area contributed by atoms with Crippen molar-refractivity contribution in [2.45, 2.75) is 19.8 Å². The largest absolute Gasteiger partial charge is 0.496 e. The van der Waals surface area contributed by atoms with E-state index in [2.05, 4.69) is 5.32 Å². The summed E-state index contributed by atoms with van der Waals surface area (Å²) in [5.41, 5.74) is 1.94. The zero-order valence-corrected chi connectivity index (χ0v) is 11.9. The molecule has 1 N–H and O–H groups in total. The number of ether oxygens (including phenoxy) is 1. The van der Waals surface area contributed by atoms with Crippen LogP contribution in [0.1, 0.15) is 17.5 Å².